The molecule has 12 heavy (non-hydrogen) atoms. The number of ether oxygens (including phenoxy) is 2. The van der Waals surface area contributed by atoms with Gasteiger partial charge in [0.1, 0.15) is 12.9 Å². The molecule has 1 saturated heterocycles. The highest BCUT2D eigenvalue weighted by molar-refractivity contribution is 5.69. The summed E-state index contributed by atoms with van der Waals surface area (Å²) in [6.07, 6.45) is -0.337. The summed E-state index contributed by atoms with van der Waals surface area (Å²) in [5, 5.41) is 8.30. The quantitative estimate of drug-likeness (QED) is 0.474. The van der Waals surface area contributed by atoms with Crippen molar-refractivity contribution in [3.05, 3.63) is 0 Å². The number of aliphatic hydroxyl groups excluding tert-OH is 1. The van der Waals surface area contributed by atoms with Gasteiger partial charge >= 0.3 is 6.09 Å². The lowest BCUT2D eigenvalue weighted by Gasteiger charge is -2.11. The molecule has 1 amide bonds. The molecule has 1 heterocycles. The number of aliphatic hydroxyl groups is 1. The molecular formula is C7H13NO4. The Kier molecular flexibility index (Phi) is 3.31. The Balaban J connectivity index is 2.19. The van der Waals surface area contributed by atoms with Crippen LogP contribution in [0.15, 0.2) is 0 Å². The fraction of sp³-hybridized carbons (Fsp3) is 0.857. The lowest BCUT2D eigenvalue weighted by atomic mass is 10.4. The van der Waals surface area contributed by atoms with Crippen molar-refractivity contribution in [1.82, 2.24) is 4.90 Å². The number of nitrogens with zero attached hydrogens (tertiary/aromatic N) is 1. The Morgan fingerprint density at radius 1 is 1.83 bits per heavy atom. The van der Waals surface area contributed by atoms with Crippen LogP contribution >= 0.6 is 0 Å². The maximum absolute atomic E-state index is 11.0. The molecule has 1 unspecified atom stereocenters. The van der Waals surface area contributed by atoms with Gasteiger partial charge in [0, 0.05) is 6.54 Å². The van der Waals surface area contributed by atoms with Crippen molar-refractivity contribution in [1.29, 1.82) is 0 Å². The van der Waals surface area contributed by atoms with Crippen molar-refractivity contribution in [3.8, 4) is 0 Å². The van der Waals surface area contributed by atoms with Crippen LogP contribution in [0.4, 0.5) is 4.79 Å². The first-order valence-electron chi connectivity index (χ1n) is 3.88. The molecule has 1 N–H and O–H groups in total. The SMILES string of the molecule is CC1CN(CCOCO)C(=O)O1. The molecule has 0 spiro atoms. The van der Waals surface area contributed by atoms with E-state index < -0.39 is 0 Å². The van der Waals surface area contributed by atoms with E-state index in [4.69, 9.17) is 9.84 Å². The first-order valence-corrected chi connectivity index (χ1v) is 3.88. The van der Waals surface area contributed by atoms with Gasteiger partial charge in [0.25, 0.3) is 0 Å². The van der Waals surface area contributed by atoms with Gasteiger partial charge in [0.05, 0.1) is 13.2 Å². The molecule has 5 nitrogen and oxygen atoms in total. The molecule has 1 atom stereocenters. The summed E-state index contributed by atoms with van der Waals surface area (Å²) in [7, 11) is 0. The van der Waals surface area contributed by atoms with Crippen LogP contribution in [-0.2, 0) is 9.47 Å². The summed E-state index contributed by atoms with van der Waals surface area (Å²) >= 11 is 0. The first-order chi connectivity index (χ1) is 5.74. The number of rotatable bonds is 4. The molecule has 0 aliphatic carbocycles. The van der Waals surface area contributed by atoms with Crippen LogP contribution in [0.3, 0.4) is 0 Å². The monoisotopic (exact) mass is 175 g/mol. The van der Waals surface area contributed by atoms with Gasteiger partial charge in [-0.05, 0) is 6.92 Å². The van der Waals surface area contributed by atoms with E-state index in [0.717, 1.165) is 0 Å². The third kappa shape index (κ3) is 2.35. The predicted octanol–water partition coefficient (Wildman–Crippen LogP) is -0.207. The van der Waals surface area contributed by atoms with Crippen LogP contribution < -0.4 is 0 Å². The topological polar surface area (TPSA) is 59.0 Å². The van der Waals surface area contributed by atoms with Crippen LogP contribution in [-0.4, -0.2) is 48.7 Å². The third-order valence-corrected chi connectivity index (χ3v) is 1.63. The molecule has 1 fully saturated rings. The van der Waals surface area contributed by atoms with E-state index in [2.05, 4.69) is 4.74 Å². The van der Waals surface area contributed by atoms with Crippen molar-refractivity contribution in [3.63, 3.8) is 0 Å². The van der Waals surface area contributed by atoms with Crippen molar-refractivity contribution in [2.75, 3.05) is 26.5 Å². The fourth-order valence-electron chi connectivity index (χ4n) is 1.09. The van der Waals surface area contributed by atoms with Gasteiger partial charge in [-0.25, -0.2) is 4.79 Å². The normalized spacial score (nSPS) is 23.0. The van der Waals surface area contributed by atoms with E-state index in [1.807, 2.05) is 6.92 Å². The van der Waals surface area contributed by atoms with Crippen molar-refractivity contribution in [2.45, 2.75) is 13.0 Å². The Bertz CT molecular complexity index is 161. The molecule has 5 heteroatoms. The van der Waals surface area contributed by atoms with Crippen LogP contribution in [0.5, 0.6) is 0 Å². The zero-order chi connectivity index (χ0) is 8.97. The van der Waals surface area contributed by atoms with E-state index in [1.165, 1.54) is 0 Å². The molecule has 0 aromatic rings. The van der Waals surface area contributed by atoms with Crippen LogP contribution in [0.1, 0.15) is 6.92 Å². The number of cyclic esters (lactones) is 1. The van der Waals surface area contributed by atoms with E-state index in [1.54, 1.807) is 4.90 Å². The minimum Gasteiger partial charge on any atom is -0.445 e. The zero-order valence-corrected chi connectivity index (χ0v) is 7.02. The average Bonchev–Trinajstić information content (AvgIpc) is 2.31. The van der Waals surface area contributed by atoms with Gasteiger partial charge in [-0.15, -0.1) is 0 Å². The molecule has 0 aromatic carbocycles. The number of carbonyl (C=O) groups excluding carboxylic acids is 1. The molecular weight excluding hydrogens is 162 g/mol. The summed E-state index contributed by atoms with van der Waals surface area (Å²) in [5.74, 6) is 0. The van der Waals surface area contributed by atoms with Gasteiger partial charge < -0.3 is 19.5 Å². The Labute approximate surface area is 70.9 Å². The number of carbonyl (C=O) groups is 1. The largest absolute Gasteiger partial charge is 0.445 e. The Morgan fingerprint density at radius 2 is 2.58 bits per heavy atom. The standard InChI is InChI=1S/C7H13NO4/c1-6-4-8(7(10)12-6)2-3-11-5-9/h6,9H,2-5H2,1H3. The van der Waals surface area contributed by atoms with Crippen molar-refractivity contribution < 1.29 is 19.4 Å². The highest BCUT2D eigenvalue weighted by atomic mass is 16.6. The average molecular weight is 175 g/mol. The van der Waals surface area contributed by atoms with Crippen LogP contribution in [0.25, 0.3) is 0 Å². The molecule has 1 aliphatic heterocycles. The summed E-state index contributed by atoms with van der Waals surface area (Å²) in [6, 6.07) is 0. The van der Waals surface area contributed by atoms with Gasteiger partial charge in [-0.1, -0.05) is 0 Å². The van der Waals surface area contributed by atoms with Gasteiger partial charge in [0.15, 0.2) is 0 Å². The Hall–Kier alpha value is -0.810. The summed E-state index contributed by atoms with van der Waals surface area (Å²) < 4.78 is 9.56. The number of amides is 1. The molecule has 70 valence electrons. The third-order valence-electron chi connectivity index (χ3n) is 1.63. The van der Waals surface area contributed by atoms with Gasteiger partial charge in [-0.3, -0.25) is 0 Å². The highest BCUT2D eigenvalue weighted by Crippen LogP contribution is 2.09. The summed E-state index contributed by atoms with van der Waals surface area (Å²) in [6.45, 7) is 2.96. The fourth-order valence-corrected chi connectivity index (χ4v) is 1.09. The van der Waals surface area contributed by atoms with E-state index >= 15 is 0 Å². The first kappa shape index (κ1) is 9.28. The second kappa shape index (κ2) is 4.27. The van der Waals surface area contributed by atoms with E-state index in [9.17, 15) is 4.79 Å². The maximum Gasteiger partial charge on any atom is 0.410 e. The van der Waals surface area contributed by atoms with E-state index in [0.29, 0.717) is 19.7 Å². The van der Waals surface area contributed by atoms with Gasteiger partial charge in [0.2, 0.25) is 0 Å². The van der Waals surface area contributed by atoms with Crippen molar-refractivity contribution >= 4 is 6.09 Å². The van der Waals surface area contributed by atoms with Crippen LogP contribution in [0.2, 0.25) is 0 Å². The number of hydrogen-bond acceptors (Lipinski definition) is 4. The molecule has 0 saturated carbocycles. The predicted molar refractivity (Wildman–Crippen MR) is 40.6 cm³/mol. The lowest BCUT2D eigenvalue weighted by molar-refractivity contribution is -0.00614. The maximum atomic E-state index is 11.0. The highest BCUT2D eigenvalue weighted by Gasteiger charge is 2.27. The smallest absolute Gasteiger partial charge is 0.410 e. The van der Waals surface area contributed by atoms with E-state index in [-0.39, 0.29) is 19.0 Å². The molecule has 0 aromatic heterocycles. The Morgan fingerprint density at radius 3 is 3.08 bits per heavy atom. The minimum absolute atomic E-state index is 0.0355. The number of hydrogen-bond donors (Lipinski definition) is 1. The zero-order valence-electron chi connectivity index (χ0n) is 7.02. The van der Waals surface area contributed by atoms with Crippen LogP contribution in [0, 0.1) is 0 Å². The molecule has 1 aliphatic rings. The summed E-state index contributed by atoms with van der Waals surface area (Å²) in [5.41, 5.74) is 0. The minimum atomic E-state index is -0.307. The van der Waals surface area contributed by atoms with Crippen molar-refractivity contribution in [2.24, 2.45) is 0 Å². The van der Waals surface area contributed by atoms with Gasteiger partial charge in [-0.2, -0.15) is 0 Å². The second-order valence-electron chi connectivity index (χ2n) is 2.68. The molecule has 0 bridgehead atoms. The molecule has 1 rings (SSSR count). The second-order valence-corrected chi connectivity index (χ2v) is 2.68. The molecule has 0 radical (unpaired) electrons. The lowest BCUT2D eigenvalue weighted by Crippen LogP contribution is -2.28. The summed E-state index contributed by atoms with van der Waals surface area (Å²) in [4.78, 5) is 12.5.